The van der Waals surface area contributed by atoms with E-state index < -0.39 is 0 Å². The fourth-order valence-electron chi connectivity index (χ4n) is 3.12. The molecule has 25 heavy (non-hydrogen) atoms. The zero-order valence-corrected chi connectivity index (χ0v) is 14.9. The highest BCUT2D eigenvalue weighted by Gasteiger charge is 2.11. The molecule has 1 aliphatic rings. The van der Waals surface area contributed by atoms with Gasteiger partial charge in [-0.05, 0) is 30.4 Å². The highest BCUT2D eigenvalue weighted by Crippen LogP contribution is 2.29. The molecule has 126 valence electrons. The molecule has 1 aliphatic heterocycles. The minimum absolute atomic E-state index is 0.921. The van der Waals surface area contributed by atoms with Crippen LogP contribution in [0.4, 0.5) is 5.13 Å². The van der Waals surface area contributed by atoms with Gasteiger partial charge < -0.3 is 5.32 Å². The van der Waals surface area contributed by atoms with E-state index in [9.17, 15) is 0 Å². The molecule has 0 unspecified atom stereocenters. The number of anilines is 1. The van der Waals surface area contributed by atoms with E-state index in [2.05, 4.69) is 70.3 Å². The van der Waals surface area contributed by atoms with Crippen molar-refractivity contribution in [2.75, 3.05) is 11.9 Å². The lowest BCUT2D eigenvalue weighted by molar-refractivity contribution is 0.737. The Hall–Kier alpha value is -2.46. The van der Waals surface area contributed by atoms with Gasteiger partial charge in [-0.1, -0.05) is 54.6 Å². The summed E-state index contributed by atoms with van der Waals surface area (Å²) >= 11 is 1.65. The Morgan fingerprint density at radius 1 is 0.960 bits per heavy atom. The quantitative estimate of drug-likeness (QED) is 0.686. The molecule has 0 saturated carbocycles. The average molecular weight is 347 g/mol. The highest BCUT2D eigenvalue weighted by molar-refractivity contribution is 7.14. The molecule has 4 rings (SSSR count). The Labute approximate surface area is 152 Å². The molecule has 0 aliphatic carbocycles. The monoisotopic (exact) mass is 347 g/mol. The van der Waals surface area contributed by atoms with E-state index in [1.165, 1.54) is 29.5 Å². The van der Waals surface area contributed by atoms with Crippen molar-refractivity contribution in [1.82, 2.24) is 4.98 Å². The van der Waals surface area contributed by atoms with Crippen molar-refractivity contribution in [2.45, 2.75) is 25.7 Å². The standard InChI is InChI=1S/C21H21N3S/c1-2-8-16(9-3-1)14-17-10-4-5-11-18(17)19-15-25-21(23-19)24-20-12-6-7-13-22-20/h1-5,8-11,15H,6-7,12-14H2,(H,22,23,24). The van der Waals surface area contributed by atoms with Crippen molar-refractivity contribution >= 4 is 22.3 Å². The maximum absolute atomic E-state index is 4.80. The largest absolute Gasteiger partial charge is 0.320 e. The maximum atomic E-state index is 4.80. The van der Waals surface area contributed by atoms with Crippen LogP contribution in [0.25, 0.3) is 11.3 Å². The maximum Gasteiger partial charge on any atom is 0.188 e. The fraction of sp³-hybridized carbons (Fsp3) is 0.238. The van der Waals surface area contributed by atoms with Gasteiger partial charge in [-0.25, -0.2) is 4.98 Å². The van der Waals surface area contributed by atoms with E-state index in [-0.39, 0.29) is 0 Å². The molecule has 0 saturated heterocycles. The molecule has 2 aromatic carbocycles. The van der Waals surface area contributed by atoms with Gasteiger partial charge in [-0.3, -0.25) is 4.99 Å². The number of benzene rings is 2. The number of nitrogens with one attached hydrogen (secondary N) is 1. The van der Waals surface area contributed by atoms with Gasteiger partial charge in [0.15, 0.2) is 5.13 Å². The van der Waals surface area contributed by atoms with Gasteiger partial charge >= 0.3 is 0 Å². The van der Waals surface area contributed by atoms with Gasteiger partial charge in [-0.2, -0.15) is 0 Å². The van der Waals surface area contributed by atoms with Crippen LogP contribution in [-0.4, -0.2) is 17.4 Å². The van der Waals surface area contributed by atoms with Crippen LogP contribution in [0.2, 0.25) is 0 Å². The molecule has 3 aromatic rings. The lowest BCUT2D eigenvalue weighted by Crippen LogP contribution is -2.15. The van der Waals surface area contributed by atoms with Crippen molar-refractivity contribution < 1.29 is 0 Å². The number of hydrogen-bond donors (Lipinski definition) is 1. The van der Waals surface area contributed by atoms with Crippen molar-refractivity contribution in [3.63, 3.8) is 0 Å². The first kappa shape index (κ1) is 16.0. The number of nitrogens with zero attached hydrogens (tertiary/aromatic N) is 2. The number of thiazole rings is 1. The lowest BCUT2D eigenvalue weighted by Gasteiger charge is -2.11. The highest BCUT2D eigenvalue weighted by atomic mass is 32.1. The number of hydrogen-bond acceptors (Lipinski definition) is 4. The van der Waals surface area contributed by atoms with Crippen molar-refractivity contribution in [1.29, 1.82) is 0 Å². The van der Waals surface area contributed by atoms with Gasteiger partial charge in [0.05, 0.1) is 5.69 Å². The number of aliphatic imine (C=N–C) groups is 1. The summed E-state index contributed by atoms with van der Waals surface area (Å²) in [6.07, 6.45) is 4.36. The summed E-state index contributed by atoms with van der Waals surface area (Å²) in [5.41, 5.74) is 4.87. The molecular formula is C21H21N3S. The summed E-state index contributed by atoms with van der Waals surface area (Å²) in [5.74, 6) is 1.07. The van der Waals surface area contributed by atoms with E-state index in [0.717, 1.165) is 36.0 Å². The van der Waals surface area contributed by atoms with E-state index in [1.54, 1.807) is 11.3 Å². The zero-order chi connectivity index (χ0) is 16.9. The average Bonchev–Trinajstić information content (AvgIpc) is 3.12. The Morgan fingerprint density at radius 3 is 2.64 bits per heavy atom. The third-order valence-electron chi connectivity index (χ3n) is 4.41. The minimum Gasteiger partial charge on any atom is -0.320 e. The summed E-state index contributed by atoms with van der Waals surface area (Å²) in [7, 11) is 0. The molecule has 4 heteroatoms. The van der Waals surface area contributed by atoms with E-state index in [1.807, 2.05) is 0 Å². The Bertz CT molecular complexity index is 868. The van der Waals surface area contributed by atoms with E-state index in [0.29, 0.717) is 0 Å². The normalized spacial score (nSPS) is 14.2. The van der Waals surface area contributed by atoms with Crippen LogP contribution < -0.4 is 5.32 Å². The third kappa shape index (κ3) is 3.97. The Kier molecular flexibility index (Phi) is 4.89. The lowest BCUT2D eigenvalue weighted by atomic mass is 9.98. The predicted molar refractivity (Wildman–Crippen MR) is 107 cm³/mol. The first-order chi connectivity index (χ1) is 12.4. The van der Waals surface area contributed by atoms with Crippen LogP contribution in [0, 0.1) is 0 Å². The number of aromatic nitrogens is 1. The smallest absolute Gasteiger partial charge is 0.188 e. The predicted octanol–water partition coefficient (Wildman–Crippen LogP) is 5.40. The minimum atomic E-state index is 0.921. The molecule has 1 N–H and O–H groups in total. The molecule has 0 fully saturated rings. The Morgan fingerprint density at radius 2 is 1.80 bits per heavy atom. The van der Waals surface area contributed by atoms with Gasteiger partial charge in [0, 0.05) is 23.9 Å². The Balaban J connectivity index is 1.57. The van der Waals surface area contributed by atoms with Crippen LogP contribution >= 0.6 is 11.3 Å². The van der Waals surface area contributed by atoms with Crippen molar-refractivity contribution in [3.8, 4) is 11.3 Å². The van der Waals surface area contributed by atoms with Gasteiger partial charge in [-0.15, -0.1) is 11.3 Å². The summed E-state index contributed by atoms with van der Waals surface area (Å²) in [4.78, 5) is 9.36. The van der Waals surface area contributed by atoms with Crippen LogP contribution in [-0.2, 0) is 6.42 Å². The zero-order valence-electron chi connectivity index (χ0n) is 14.1. The summed E-state index contributed by atoms with van der Waals surface area (Å²) in [6, 6.07) is 19.1. The second-order valence-electron chi connectivity index (χ2n) is 6.27. The molecule has 0 amide bonds. The summed E-state index contributed by atoms with van der Waals surface area (Å²) in [6.45, 7) is 0.931. The summed E-state index contributed by atoms with van der Waals surface area (Å²) < 4.78 is 0. The molecular weight excluding hydrogens is 326 g/mol. The van der Waals surface area contributed by atoms with Gasteiger partial charge in [0.2, 0.25) is 0 Å². The van der Waals surface area contributed by atoms with Crippen LogP contribution in [0.1, 0.15) is 30.4 Å². The van der Waals surface area contributed by atoms with Crippen molar-refractivity contribution in [2.24, 2.45) is 4.99 Å². The first-order valence-corrected chi connectivity index (χ1v) is 9.64. The van der Waals surface area contributed by atoms with Crippen LogP contribution in [0.15, 0.2) is 65.0 Å². The SMILES string of the molecule is c1ccc(Cc2ccccc2-c2csc(NC3=NCCCC3)n2)cc1. The fourth-order valence-corrected chi connectivity index (χ4v) is 3.85. The van der Waals surface area contributed by atoms with Crippen LogP contribution in [0.5, 0.6) is 0 Å². The number of rotatable bonds is 4. The summed E-state index contributed by atoms with van der Waals surface area (Å²) in [5, 5.41) is 6.47. The molecule has 3 nitrogen and oxygen atoms in total. The molecule has 1 aromatic heterocycles. The molecule has 0 radical (unpaired) electrons. The first-order valence-electron chi connectivity index (χ1n) is 8.76. The van der Waals surface area contributed by atoms with Crippen LogP contribution in [0.3, 0.4) is 0 Å². The second-order valence-corrected chi connectivity index (χ2v) is 7.13. The third-order valence-corrected chi connectivity index (χ3v) is 5.17. The molecule has 2 heterocycles. The van der Waals surface area contributed by atoms with Crippen molar-refractivity contribution in [3.05, 3.63) is 71.1 Å². The molecule has 0 atom stereocenters. The van der Waals surface area contributed by atoms with Gasteiger partial charge in [0.1, 0.15) is 5.84 Å². The molecule has 0 spiro atoms. The molecule has 0 bridgehead atoms. The second kappa shape index (κ2) is 7.62. The van der Waals surface area contributed by atoms with E-state index >= 15 is 0 Å². The topological polar surface area (TPSA) is 37.3 Å². The number of amidine groups is 1. The van der Waals surface area contributed by atoms with E-state index in [4.69, 9.17) is 4.98 Å². The van der Waals surface area contributed by atoms with Gasteiger partial charge in [0.25, 0.3) is 0 Å².